The molecule has 0 aliphatic carbocycles. The van der Waals surface area contributed by atoms with Crippen LogP contribution in [0.1, 0.15) is 0 Å². The first-order chi connectivity index (χ1) is 9.96. The number of sulfonamides is 1. The molecule has 0 fully saturated rings. The molecule has 0 bridgehead atoms. The van der Waals surface area contributed by atoms with E-state index in [4.69, 9.17) is 4.74 Å². The van der Waals surface area contributed by atoms with Gasteiger partial charge in [0.15, 0.2) is 0 Å². The molecule has 0 atom stereocenters. The quantitative estimate of drug-likeness (QED) is 0.844. The van der Waals surface area contributed by atoms with E-state index in [9.17, 15) is 8.42 Å². The van der Waals surface area contributed by atoms with E-state index < -0.39 is 10.0 Å². The number of methoxy groups -OCH3 is 1. The van der Waals surface area contributed by atoms with Crippen molar-refractivity contribution in [2.75, 3.05) is 24.2 Å². The van der Waals surface area contributed by atoms with E-state index in [1.165, 1.54) is 12.3 Å². The zero-order chi connectivity index (χ0) is 15.5. The van der Waals surface area contributed by atoms with Crippen LogP contribution in [0.5, 0.6) is 5.75 Å². The van der Waals surface area contributed by atoms with Crippen molar-refractivity contribution in [2.45, 2.75) is 4.90 Å². The second-order valence-electron chi connectivity index (χ2n) is 4.08. The molecule has 21 heavy (non-hydrogen) atoms. The number of anilines is 2. The Morgan fingerprint density at radius 2 is 2.00 bits per heavy atom. The van der Waals surface area contributed by atoms with Crippen LogP contribution in [-0.2, 0) is 10.0 Å². The van der Waals surface area contributed by atoms with E-state index in [1.807, 2.05) is 0 Å². The smallest absolute Gasteiger partial charge is 0.263 e. The molecule has 1 aromatic heterocycles. The van der Waals surface area contributed by atoms with Crippen LogP contribution in [0, 0.1) is 0 Å². The molecule has 1 heterocycles. The molecule has 0 amide bonds. The molecule has 1 aromatic carbocycles. The SMILES string of the molecule is CNc1ccc(S(=O)(=O)Nc2ccc(OC)c(Br)c2)cn1. The monoisotopic (exact) mass is 371 g/mol. The second-order valence-corrected chi connectivity index (χ2v) is 6.62. The fourth-order valence-corrected chi connectivity index (χ4v) is 3.17. The van der Waals surface area contributed by atoms with Crippen LogP contribution in [0.3, 0.4) is 0 Å². The lowest BCUT2D eigenvalue weighted by atomic mass is 10.3. The van der Waals surface area contributed by atoms with Gasteiger partial charge in [0.05, 0.1) is 17.3 Å². The molecule has 0 aliphatic rings. The van der Waals surface area contributed by atoms with Crippen LogP contribution >= 0.6 is 15.9 Å². The lowest BCUT2D eigenvalue weighted by Crippen LogP contribution is -2.13. The highest BCUT2D eigenvalue weighted by Crippen LogP contribution is 2.28. The molecule has 0 spiro atoms. The molecule has 0 saturated heterocycles. The number of pyridine rings is 1. The molecule has 0 radical (unpaired) electrons. The third-order valence-corrected chi connectivity index (χ3v) is 4.69. The molecule has 2 N–H and O–H groups in total. The summed E-state index contributed by atoms with van der Waals surface area (Å²) in [6.07, 6.45) is 1.30. The fraction of sp³-hybridized carbons (Fsp3) is 0.154. The molecule has 112 valence electrons. The third kappa shape index (κ3) is 3.64. The number of hydrogen-bond donors (Lipinski definition) is 2. The summed E-state index contributed by atoms with van der Waals surface area (Å²) in [5, 5.41) is 2.83. The summed E-state index contributed by atoms with van der Waals surface area (Å²) >= 11 is 3.31. The Morgan fingerprint density at radius 1 is 1.24 bits per heavy atom. The van der Waals surface area contributed by atoms with Crippen LogP contribution in [-0.4, -0.2) is 27.6 Å². The Morgan fingerprint density at radius 3 is 2.52 bits per heavy atom. The van der Waals surface area contributed by atoms with Crippen LogP contribution in [0.2, 0.25) is 0 Å². The first kappa shape index (κ1) is 15.6. The number of benzene rings is 1. The number of ether oxygens (including phenoxy) is 1. The Balaban J connectivity index is 2.26. The van der Waals surface area contributed by atoms with E-state index in [2.05, 4.69) is 31.0 Å². The zero-order valence-corrected chi connectivity index (χ0v) is 13.8. The van der Waals surface area contributed by atoms with Gasteiger partial charge in [-0.1, -0.05) is 0 Å². The van der Waals surface area contributed by atoms with Gasteiger partial charge in [0.2, 0.25) is 0 Å². The van der Waals surface area contributed by atoms with Gasteiger partial charge in [-0.15, -0.1) is 0 Å². The molecule has 8 heteroatoms. The normalized spacial score (nSPS) is 11.0. The third-order valence-electron chi connectivity index (χ3n) is 2.71. The van der Waals surface area contributed by atoms with Crippen LogP contribution in [0.25, 0.3) is 0 Å². The van der Waals surface area contributed by atoms with Crippen molar-refractivity contribution < 1.29 is 13.2 Å². The number of nitrogens with zero attached hydrogens (tertiary/aromatic N) is 1. The van der Waals surface area contributed by atoms with Gasteiger partial charge in [-0.05, 0) is 46.3 Å². The Hall–Kier alpha value is -1.80. The average Bonchev–Trinajstić information content (AvgIpc) is 2.47. The minimum absolute atomic E-state index is 0.0911. The number of nitrogens with one attached hydrogen (secondary N) is 2. The summed E-state index contributed by atoms with van der Waals surface area (Å²) in [7, 11) is -0.424. The summed E-state index contributed by atoms with van der Waals surface area (Å²) < 4.78 is 32.7. The summed E-state index contributed by atoms with van der Waals surface area (Å²) in [6.45, 7) is 0. The molecule has 0 aliphatic heterocycles. The summed E-state index contributed by atoms with van der Waals surface area (Å²) in [6, 6.07) is 8.00. The topological polar surface area (TPSA) is 80.3 Å². The van der Waals surface area contributed by atoms with Gasteiger partial charge < -0.3 is 10.1 Å². The van der Waals surface area contributed by atoms with Crippen molar-refractivity contribution in [3.05, 3.63) is 41.0 Å². The zero-order valence-electron chi connectivity index (χ0n) is 11.4. The summed E-state index contributed by atoms with van der Waals surface area (Å²) in [5.74, 6) is 1.22. The highest BCUT2D eigenvalue weighted by atomic mass is 79.9. The van der Waals surface area contributed by atoms with Crippen molar-refractivity contribution in [3.8, 4) is 5.75 Å². The lowest BCUT2D eigenvalue weighted by molar-refractivity contribution is 0.412. The molecule has 0 unspecified atom stereocenters. The molecular formula is C13H14BrN3O3S. The minimum Gasteiger partial charge on any atom is -0.496 e. The highest BCUT2D eigenvalue weighted by Gasteiger charge is 2.15. The van der Waals surface area contributed by atoms with Crippen LogP contribution in [0.15, 0.2) is 45.9 Å². The van der Waals surface area contributed by atoms with E-state index in [1.54, 1.807) is 38.4 Å². The first-order valence-electron chi connectivity index (χ1n) is 5.96. The predicted octanol–water partition coefficient (Wildman–Crippen LogP) is 2.70. The van der Waals surface area contributed by atoms with Crippen molar-refractivity contribution in [1.29, 1.82) is 0 Å². The number of hydrogen-bond acceptors (Lipinski definition) is 5. The van der Waals surface area contributed by atoms with Gasteiger partial charge in [-0.25, -0.2) is 13.4 Å². The van der Waals surface area contributed by atoms with Crippen LogP contribution in [0.4, 0.5) is 11.5 Å². The maximum absolute atomic E-state index is 12.2. The summed E-state index contributed by atoms with van der Waals surface area (Å²) in [4.78, 5) is 4.08. The van der Waals surface area contributed by atoms with E-state index in [-0.39, 0.29) is 4.90 Å². The number of aromatic nitrogens is 1. The summed E-state index contributed by atoms with van der Waals surface area (Å²) in [5.41, 5.74) is 0.431. The van der Waals surface area contributed by atoms with E-state index in [0.717, 1.165) is 0 Å². The number of rotatable bonds is 5. The second kappa shape index (κ2) is 6.31. The molecule has 0 saturated carbocycles. The Bertz CT molecular complexity index is 733. The van der Waals surface area contributed by atoms with Gasteiger partial charge in [0.1, 0.15) is 16.5 Å². The van der Waals surface area contributed by atoms with Gasteiger partial charge in [0.25, 0.3) is 10.0 Å². The molecule has 2 rings (SSSR count). The van der Waals surface area contributed by atoms with Crippen molar-refractivity contribution in [1.82, 2.24) is 4.98 Å². The Labute approximate surface area is 131 Å². The predicted molar refractivity (Wildman–Crippen MR) is 85.3 cm³/mol. The van der Waals surface area contributed by atoms with Crippen LogP contribution < -0.4 is 14.8 Å². The minimum atomic E-state index is -3.68. The van der Waals surface area contributed by atoms with Crippen molar-refractivity contribution >= 4 is 37.5 Å². The number of halogens is 1. The fourth-order valence-electron chi connectivity index (χ4n) is 1.63. The highest BCUT2D eigenvalue weighted by molar-refractivity contribution is 9.10. The first-order valence-corrected chi connectivity index (χ1v) is 8.24. The van der Waals surface area contributed by atoms with E-state index in [0.29, 0.717) is 21.7 Å². The average molecular weight is 372 g/mol. The maximum atomic E-state index is 12.2. The Kier molecular flexibility index (Phi) is 4.69. The van der Waals surface area contributed by atoms with Gasteiger partial charge in [-0.2, -0.15) is 0 Å². The maximum Gasteiger partial charge on any atom is 0.263 e. The largest absolute Gasteiger partial charge is 0.496 e. The molecular weight excluding hydrogens is 358 g/mol. The standard InChI is InChI=1S/C13H14BrN3O3S/c1-15-13-6-4-10(8-16-13)21(18,19)17-9-3-5-12(20-2)11(14)7-9/h3-8,17H,1-2H3,(H,15,16). The van der Waals surface area contributed by atoms with Gasteiger partial charge in [0, 0.05) is 13.2 Å². The van der Waals surface area contributed by atoms with Crippen molar-refractivity contribution in [3.63, 3.8) is 0 Å². The van der Waals surface area contributed by atoms with E-state index >= 15 is 0 Å². The lowest BCUT2D eigenvalue weighted by Gasteiger charge is -2.10. The molecule has 2 aromatic rings. The van der Waals surface area contributed by atoms with Crippen molar-refractivity contribution in [2.24, 2.45) is 0 Å². The van der Waals surface area contributed by atoms with Gasteiger partial charge >= 0.3 is 0 Å². The van der Waals surface area contributed by atoms with Gasteiger partial charge in [-0.3, -0.25) is 4.72 Å². The molecule has 6 nitrogen and oxygen atoms in total.